The van der Waals surface area contributed by atoms with Crippen LogP contribution < -0.4 is 0 Å². The number of carboxylic acid groups (broad SMARTS) is 1. The van der Waals surface area contributed by atoms with E-state index in [1.54, 1.807) is 25.1 Å². The van der Waals surface area contributed by atoms with Gasteiger partial charge in [0.15, 0.2) is 0 Å². The van der Waals surface area contributed by atoms with Crippen LogP contribution in [0.4, 0.5) is 4.39 Å². The molecule has 0 aromatic heterocycles. The highest BCUT2D eigenvalue weighted by Gasteiger charge is 2.15. The van der Waals surface area contributed by atoms with E-state index in [9.17, 15) is 14.0 Å². The number of aliphatic carboxylic acids is 1. The van der Waals surface area contributed by atoms with Gasteiger partial charge >= 0.3 is 5.97 Å². The predicted octanol–water partition coefficient (Wildman–Crippen LogP) is 1.85. The lowest BCUT2D eigenvalue weighted by Crippen LogP contribution is -2.36. The Bertz CT molecular complexity index is 439. The molecule has 0 atom stereocenters. The van der Waals surface area contributed by atoms with Gasteiger partial charge in [0.1, 0.15) is 12.4 Å². The van der Waals surface area contributed by atoms with Gasteiger partial charge in [-0.1, -0.05) is 12.1 Å². The van der Waals surface area contributed by atoms with Crippen molar-refractivity contribution in [3.63, 3.8) is 0 Å². The maximum Gasteiger partial charge on any atom is 0.323 e. The molecule has 0 aliphatic rings. The normalized spacial score (nSPS) is 10.1. The number of carboxylic acids is 1. The molecule has 1 aromatic rings. The number of halogens is 1. The van der Waals surface area contributed by atoms with E-state index in [4.69, 9.17) is 5.11 Å². The SMILES string of the molecule is CCN(CC(=O)O)C(=O)CSc1ccccc1F. The standard InChI is InChI=1S/C12H14FNO3S/c1-2-14(7-12(16)17)11(15)8-18-10-6-4-3-5-9(10)13/h3-6H,2,7-8H2,1H3,(H,16,17). The molecule has 0 saturated carbocycles. The number of hydrogen-bond acceptors (Lipinski definition) is 3. The van der Waals surface area contributed by atoms with Crippen molar-refractivity contribution in [2.45, 2.75) is 11.8 Å². The van der Waals surface area contributed by atoms with Gasteiger partial charge in [0.05, 0.1) is 5.75 Å². The van der Waals surface area contributed by atoms with Gasteiger partial charge in [-0.05, 0) is 19.1 Å². The summed E-state index contributed by atoms with van der Waals surface area (Å²) < 4.78 is 13.3. The Labute approximate surface area is 109 Å². The molecule has 18 heavy (non-hydrogen) atoms. The largest absolute Gasteiger partial charge is 0.480 e. The Morgan fingerprint density at radius 3 is 2.61 bits per heavy atom. The lowest BCUT2D eigenvalue weighted by atomic mass is 10.3. The first-order valence-electron chi connectivity index (χ1n) is 5.41. The highest BCUT2D eigenvalue weighted by molar-refractivity contribution is 8.00. The van der Waals surface area contributed by atoms with Crippen LogP contribution in [0.15, 0.2) is 29.2 Å². The van der Waals surface area contributed by atoms with E-state index >= 15 is 0 Å². The number of benzene rings is 1. The fourth-order valence-corrected chi connectivity index (χ4v) is 2.17. The number of rotatable bonds is 6. The zero-order valence-electron chi connectivity index (χ0n) is 9.93. The molecular formula is C12H14FNO3S. The quantitative estimate of drug-likeness (QED) is 0.802. The second-order valence-corrected chi connectivity index (χ2v) is 4.54. The number of nitrogens with zero attached hydrogens (tertiary/aromatic N) is 1. The molecule has 4 nitrogen and oxygen atoms in total. The van der Waals surface area contributed by atoms with Gasteiger partial charge < -0.3 is 10.0 Å². The van der Waals surface area contributed by atoms with E-state index in [-0.39, 0.29) is 24.0 Å². The zero-order valence-corrected chi connectivity index (χ0v) is 10.7. The lowest BCUT2D eigenvalue weighted by molar-refractivity contribution is -0.143. The molecule has 98 valence electrons. The van der Waals surface area contributed by atoms with Crippen LogP contribution in [0.5, 0.6) is 0 Å². The molecule has 0 radical (unpaired) electrons. The summed E-state index contributed by atoms with van der Waals surface area (Å²) in [7, 11) is 0. The van der Waals surface area contributed by atoms with Crippen LogP contribution in [0.3, 0.4) is 0 Å². The molecular weight excluding hydrogens is 257 g/mol. The third-order valence-corrected chi connectivity index (χ3v) is 3.28. The van der Waals surface area contributed by atoms with Crippen molar-refractivity contribution in [1.29, 1.82) is 0 Å². The second kappa shape index (κ2) is 7.00. The molecule has 1 N–H and O–H groups in total. The molecule has 0 spiro atoms. The second-order valence-electron chi connectivity index (χ2n) is 3.52. The van der Waals surface area contributed by atoms with Gasteiger partial charge in [0.2, 0.25) is 5.91 Å². The van der Waals surface area contributed by atoms with Crippen molar-refractivity contribution in [3.8, 4) is 0 Å². The van der Waals surface area contributed by atoms with E-state index in [1.165, 1.54) is 11.0 Å². The maximum absolute atomic E-state index is 13.3. The maximum atomic E-state index is 13.3. The van der Waals surface area contributed by atoms with Gasteiger partial charge in [0, 0.05) is 11.4 Å². The third kappa shape index (κ3) is 4.37. The van der Waals surface area contributed by atoms with Crippen molar-refractivity contribution in [1.82, 2.24) is 4.90 Å². The summed E-state index contributed by atoms with van der Waals surface area (Å²) in [5.41, 5.74) is 0. The summed E-state index contributed by atoms with van der Waals surface area (Å²) >= 11 is 1.07. The summed E-state index contributed by atoms with van der Waals surface area (Å²) in [5, 5.41) is 8.63. The van der Waals surface area contributed by atoms with Crippen LogP contribution >= 0.6 is 11.8 Å². The van der Waals surface area contributed by atoms with Gasteiger partial charge in [-0.15, -0.1) is 11.8 Å². The van der Waals surface area contributed by atoms with E-state index in [1.807, 2.05) is 0 Å². The Hall–Kier alpha value is -1.56. The summed E-state index contributed by atoms with van der Waals surface area (Å²) in [4.78, 5) is 23.9. The average Bonchev–Trinajstić information content (AvgIpc) is 2.34. The van der Waals surface area contributed by atoms with Crippen LogP contribution in [-0.2, 0) is 9.59 Å². The van der Waals surface area contributed by atoms with Crippen molar-refractivity contribution in [2.75, 3.05) is 18.8 Å². The molecule has 1 amide bonds. The summed E-state index contributed by atoms with van der Waals surface area (Å²) in [6.07, 6.45) is 0. The highest BCUT2D eigenvalue weighted by atomic mass is 32.2. The van der Waals surface area contributed by atoms with Gasteiger partial charge in [-0.3, -0.25) is 9.59 Å². The minimum atomic E-state index is -1.05. The van der Waals surface area contributed by atoms with Gasteiger partial charge in [0.25, 0.3) is 0 Å². The van der Waals surface area contributed by atoms with Gasteiger partial charge in [-0.25, -0.2) is 4.39 Å². The monoisotopic (exact) mass is 271 g/mol. The van der Waals surface area contributed by atoms with Gasteiger partial charge in [-0.2, -0.15) is 0 Å². The van der Waals surface area contributed by atoms with Crippen molar-refractivity contribution >= 4 is 23.6 Å². The molecule has 1 aromatic carbocycles. The zero-order chi connectivity index (χ0) is 13.5. The molecule has 6 heteroatoms. The molecule has 0 saturated heterocycles. The number of hydrogen-bond donors (Lipinski definition) is 1. The van der Waals surface area contributed by atoms with Crippen LogP contribution in [0.2, 0.25) is 0 Å². The molecule has 0 aliphatic carbocycles. The first kappa shape index (κ1) is 14.5. The topological polar surface area (TPSA) is 57.6 Å². The summed E-state index contributed by atoms with van der Waals surface area (Å²) in [6.45, 7) is 1.70. The van der Waals surface area contributed by atoms with Crippen LogP contribution in [0, 0.1) is 5.82 Å². The predicted molar refractivity (Wildman–Crippen MR) is 67.0 cm³/mol. The fourth-order valence-electron chi connectivity index (χ4n) is 1.33. The minimum Gasteiger partial charge on any atom is -0.480 e. The molecule has 0 heterocycles. The number of carbonyl (C=O) groups is 2. The molecule has 0 aliphatic heterocycles. The molecule has 0 bridgehead atoms. The van der Waals surface area contributed by atoms with E-state index < -0.39 is 5.97 Å². The van der Waals surface area contributed by atoms with Crippen molar-refractivity contribution in [2.24, 2.45) is 0 Å². The van der Waals surface area contributed by atoms with E-state index in [0.29, 0.717) is 11.4 Å². The summed E-state index contributed by atoms with van der Waals surface area (Å²) in [5.74, 6) is -1.71. The van der Waals surface area contributed by atoms with Crippen molar-refractivity contribution < 1.29 is 19.1 Å². The first-order chi connectivity index (χ1) is 8.54. The first-order valence-corrected chi connectivity index (χ1v) is 6.40. The average molecular weight is 271 g/mol. The number of likely N-dealkylation sites (N-methyl/N-ethyl adjacent to an activating group) is 1. The number of amides is 1. The summed E-state index contributed by atoms with van der Waals surface area (Å²) in [6, 6.07) is 6.16. The minimum absolute atomic E-state index is 0.0298. The lowest BCUT2D eigenvalue weighted by Gasteiger charge is -2.18. The fraction of sp³-hybridized carbons (Fsp3) is 0.333. The van der Waals surface area contributed by atoms with Crippen LogP contribution in [0.1, 0.15) is 6.92 Å². The third-order valence-electron chi connectivity index (χ3n) is 2.25. The molecule has 0 unspecified atom stereocenters. The molecule has 0 fully saturated rings. The Kier molecular flexibility index (Phi) is 5.64. The smallest absolute Gasteiger partial charge is 0.323 e. The molecule has 1 rings (SSSR count). The Balaban J connectivity index is 2.54. The Morgan fingerprint density at radius 1 is 1.39 bits per heavy atom. The van der Waals surface area contributed by atoms with E-state index in [0.717, 1.165) is 11.8 Å². The van der Waals surface area contributed by atoms with Crippen LogP contribution in [-0.4, -0.2) is 40.7 Å². The number of thioether (sulfide) groups is 1. The Morgan fingerprint density at radius 2 is 2.06 bits per heavy atom. The highest BCUT2D eigenvalue weighted by Crippen LogP contribution is 2.21. The van der Waals surface area contributed by atoms with E-state index in [2.05, 4.69) is 0 Å². The van der Waals surface area contributed by atoms with Crippen LogP contribution in [0.25, 0.3) is 0 Å². The van der Waals surface area contributed by atoms with Crippen molar-refractivity contribution in [3.05, 3.63) is 30.1 Å². The number of carbonyl (C=O) groups excluding carboxylic acids is 1.